The molecule has 2 unspecified atom stereocenters. The summed E-state index contributed by atoms with van der Waals surface area (Å²) in [6.07, 6.45) is 5.50. The third kappa shape index (κ3) is 4.24. The van der Waals surface area contributed by atoms with Crippen LogP contribution in [0, 0.1) is 15.5 Å². The summed E-state index contributed by atoms with van der Waals surface area (Å²) in [5.74, 6) is 1.94. The molecule has 1 aliphatic heterocycles. The van der Waals surface area contributed by atoms with Crippen LogP contribution in [0.2, 0.25) is 0 Å². The van der Waals surface area contributed by atoms with Gasteiger partial charge in [0.25, 0.3) is 0 Å². The van der Waals surface area contributed by atoms with Crippen LogP contribution in [0.15, 0.2) is 12.4 Å². The number of anilines is 1. The Bertz CT molecular complexity index is 558. The molecule has 1 N–H and O–H groups in total. The largest absolute Gasteiger partial charge is 0.444 e. The van der Waals surface area contributed by atoms with Crippen LogP contribution >= 0.6 is 22.6 Å². The second kappa shape index (κ2) is 6.41. The summed E-state index contributed by atoms with van der Waals surface area (Å²) in [7, 11) is 0. The van der Waals surface area contributed by atoms with Gasteiger partial charge in [-0.2, -0.15) is 0 Å². The summed E-state index contributed by atoms with van der Waals surface area (Å²) in [5.41, 5.74) is -0.428. The molecule has 1 amide bonds. The minimum Gasteiger partial charge on any atom is -0.444 e. The lowest BCUT2D eigenvalue weighted by Gasteiger charge is -2.25. The van der Waals surface area contributed by atoms with Crippen molar-refractivity contribution in [1.82, 2.24) is 14.9 Å². The lowest BCUT2D eigenvalue weighted by Crippen LogP contribution is -2.36. The van der Waals surface area contributed by atoms with Crippen LogP contribution in [0.4, 0.5) is 10.6 Å². The summed E-state index contributed by atoms with van der Waals surface area (Å²) in [6, 6.07) is 0.417. The van der Waals surface area contributed by atoms with E-state index in [2.05, 4.69) is 37.9 Å². The average Bonchev–Trinajstić information content (AvgIpc) is 2.97. The first-order valence-electron chi connectivity index (χ1n) is 8.02. The Morgan fingerprint density at radius 2 is 1.91 bits per heavy atom. The van der Waals surface area contributed by atoms with Crippen LogP contribution in [-0.2, 0) is 4.74 Å². The topological polar surface area (TPSA) is 67.3 Å². The molecule has 1 saturated heterocycles. The molecule has 6 nitrogen and oxygen atoms in total. The van der Waals surface area contributed by atoms with E-state index < -0.39 is 5.60 Å². The molecule has 0 spiro atoms. The highest BCUT2D eigenvalue weighted by molar-refractivity contribution is 14.1. The highest BCUT2D eigenvalue weighted by Crippen LogP contribution is 2.39. The Morgan fingerprint density at radius 3 is 2.43 bits per heavy atom. The Hall–Kier alpha value is -1.12. The maximum Gasteiger partial charge on any atom is 0.410 e. The number of halogens is 1. The van der Waals surface area contributed by atoms with Gasteiger partial charge in [-0.3, -0.25) is 0 Å². The van der Waals surface area contributed by atoms with E-state index in [0.717, 1.165) is 35.4 Å². The van der Waals surface area contributed by atoms with Crippen molar-refractivity contribution in [3.8, 4) is 0 Å². The predicted octanol–water partition coefficient (Wildman–Crippen LogP) is 3.14. The minimum atomic E-state index is -0.428. The number of hydrogen-bond donors (Lipinski definition) is 1. The van der Waals surface area contributed by atoms with Gasteiger partial charge in [0.1, 0.15) is 15.1 Å². The number of likely N-dealkylation sites (tertiary alicyclic amines) is 1. The summed E-state index contributed by atoms with van der Waals surface area (Å²) >= 11 is 2.15. The third-order valence-corrected chi connectivity index (χ3v) is 4.93. The molecule has 2 heterocycles. The molecule has 7 heteroatoms. The maximum absolute atomic E-state index is 12.2. The van der Waals surface area contributed by atoms with Gasteiger partial charge in [0.15, 0.2) is 0 Å². The van der Waals surface area contributed by atoms with Crippen molar-refractivity contribution >= 4 is 34.5 Å². The lowest BCUT2D eigenvalue weighted by molar-refractivity contribution is 0.0280. The van der Waals surface area contributed by atoms with Gasteiger partial charge in [-0.05, 0) is 68.0 Å². The molecule has 2 aliphatic rings. The Balaban J connectivity index is 1.51. The van der Waals surface area contributed by atoms with Crippen molar-refractivity contribution in [2.75, 3.05) is 18.4 Å². The van der Waals surface area contributed by atoms with Crippen LogP contribution in [0.25, 0.3) is 0 Å². The van der Waals surface area contributed by atoms with E-state index in [0.29, 0.717) is 17.9 Å². The number of fused-ring (bicyclic) bond motifs is 1. The SMILES string of the molecule is CC(C)(C)OC(=O)N1CC2CC(Nc3cnc(I)cn3)C[C@@H]2C1. The molecular formula is C16H23IN4O2. The first-order chi connectivity index (χ1) is 10.8. The van der Waals surface area contributed by atoms with Gasteiger partial charge in [0.2, 0.25) is 0 Å². The third-order valence-electron chi connectivity index (χ3n) is 4.38. The molecular weight excluding hydrogens is 407 g/mol. The van der Waals surface area contributed by atoms with E-state index in [-0.39, 0.29) is 6.09 Å². The van der Waals surface area contributed by atoms with Crippen molar-refractivity contribution in [3.05, 3.63) is 16.1 Å². The number of nitrogens with zero attached hydrogens (tertiary/aromatic N) is 3. The van der Waals surface area contributed by atoms with E-state index in [1.807, 2.05) is 25.7 Å². The van der Waals surface area contributed by atoms with Gasteiger partial charge in [-0.1, -0.05) is 0 Å². The van der Waals surface area contributed by atoms with Crippen LogP contribution in [0.5, 0.6) is 0 Å². The van der Waals surface area contributed by atoms with Crippen molar-refractivity contribution < 1.29 is 9.53 Å². The monoisotopic (exact) mass is 430 g/mol. The van der Waals surface area contributed by atoms with E-state index in [4.69, 9.17) is 4.74 Å². The Labute approximate surface area is 150 Å². The van der Waals surface area contributed by atoms with Crippen molar-refractivity contribution in [2.45, 2.75) is 45.3 Å². The molecule has 3 atom stereocenters. The van der Waals surface area contributed by atoms with Gasteiger partial charge < -0.3 is 15.0 Å². The molecule has 1 aromatic rings. The van der Waals surface area contributed by atoms with Gasteiger partial charge in [0, 0.05) is 19.1 Å². The summed E-state index contributed by atoms with van der Waals surface area (Å²) in [4.78, 5) is 22.6. The molecule has 1 aromatic heterocycles. The fraction of sp³-hybridized carbons (Fsp3) is 0.688. The molecule has 1 saturated carbocycles. The summed E-state index contributed by atoms with van der Waals surface area (Å²) in [5, 5.41) is 3.47. The number of nitrogens with one attached hydrogen (secondary N) is 1. The van der Waals surface area contributed by atoms with Crippen molar-refractivity contribution in [2.24, 2.45) is 11.8 Å². The number of ether oxygens (including phenoxy) is 1. The molecule has 126 valence electrons. The highest BCUT2D eigenvalue weighted by atomic mass is 127. The second-order valence-electron chi connectivity index (χ2n) is 7.44. The number of amides is 1. The molecule has 23 heavy (non-hydrogen) atoms. The molecule has 0 radical (unpaired) electrons. The normalized spacial score (nSPS) is 27.0. The second-order valence-corrected chi connectivity index (χ2v) is 8.55. The first kappa shape index (κ1) is 16.7. The van der Waals surface area contributed by atoms with Crippen LogP contribution in [-0.4, -0.2) is 45.7 Å². The fourth-order valence-corrected chi connectivity index (χ4v) is 3.77. The van der Waals surface area contributed by atoms with Crippen LogP contribution < -0.4 is 5.32 Å². The quantitative estimate of drug-likeness (QED) is 0.731. The molecule has 1 aliphatic carbocycles. The smallest absolute Gasteiger partial charge is 0.410 e. The Morgan fingerprint density at radius 1 is 1.26 bits per heavy atom. The van der Waals surface area contributed by atoms with E-state index in [1.54, 1.807) is 12.4 Å². The highest BCUT2D eigenvalue weighted by Gasteiger charge is 2.43. The van der Waals surface area contributed by atoms with Crippen molar-refractivity contribution in [3.63, 3.8) is 0 Å². The average molecular weight is 430 g/mol. The minimum absolute atomic E-state index is 0.181. The van der Waals surface area contributed by atoms with Gasteiger partial charge in [-0.15, -0.1) is 0 Å². The summed E-state index contributed by atoms with van der Waals surface area (Å²) in [6.45, 7) is 7.32. The van der Waals surface area contributed by atoms with E-state index in [9.17, 15) is 4.79 Å². The van der Waals surface area contributed by atoms with Crippen molar-refractivity contribution in [1.29, 1.82) is 0 Å². The predicted molar refractivity (Wildman–Crippen MR) is 96.2 cm³/mol. The lowest BCUT2D eigenvalue weighted by atomic mass is 10.0. The zero-order valence-electron chi connectivity index (χ0n) is 13.8. The number of carbonyl (C=O) groups excluding carboxylic acids is 1. The summed E-state index contributed by atoms with van der Waals surface area (Å²) < 4.78 is 6.37. The number of aromatic nitrogens is 2. The molecule has 0 bridgehead atoms. The molecule has 0 aromatic carbocycles. The number of carbonyl (C=O) groups is 1. The fourth-order valence-electron chi connectivity index (χ4n) is 3.49. The maximum atomic E-state index is 12.2. The van der Waals surface area contributed by atoms with E-state index in [1.165, 1.54) is 0 Å². The van der Waals surface area contributed by atoms with Gasteiger partial charge >= 0.3 is 6.09 Å². The zero-order chi connectivity index (χ0) is 16.6. The zero-order valence-corrected chi connectivity index (χ0v) is 15.9. The molecule has 2 fully saturated rings. The standard InChI is InChI=1S/C16H23IN4O2/c1-16(2,3)23-15(22)21-8-10-4-12(5-11(10)9-21)20-14-7-18-13(17)6-19-14/h6-7,10-12H,4-5,8-9H2,1-3H3,(H,19,20)/t10-,11?,12?/m1/s1. The van der Waals surface area contributed by atoms with Crippen LogP contribution in [0.3, 0.4) is 0 Å². The van der Waals surface area contributed by atoms with Gasteiger partial charge in [-0.25, -0.2) is 14.8 Å². The number of rotatable bonds is 2. The van der Waals surface area contributed by atoms with E-state index >= 15 is 0 Å². The first-order valence-corrected chi connectivity index (χ1v) is 9.10. The molecule has 3 rings (SSSR count). The Kier molecular flexibility index (Phi) is 4.66. The number of hydrogen-bond acceptors (Lipinski definition) is 5. The van der Waals surface area contributed by atoms with Gasteiger partial charge in [0.05, 0.1) is 12.4 Å². The van der Waals surface area contributed by atoms with Crippen LogP contribution in [0.1, 0.15) is 33.6 Å².